The van der Waals surface area contributed by atoms with Crippen molar-refractivity contribution in [3.63, 3.8) is 0 Å². The fourth-order valence-corrected chi connectivity index (χ4v) is 4.28. The van der Waals surface area contributed by atoms with Gasteiger partial charge in [0.15, 0.2) is 0 Å². The summed E-state index contributed by atoms with van der Waals surface area (Å²) in [6.45, 7) is 20.6. The minimum Gasteiger partial charge on any atom is -0.0905 e. The lowest BCUT2D eigenvalue weighted by Gasteiger charge is -2.45. The number of benzene rings is 3. The number of hydrogen-bond acceptors (Lipinski definition) is 0. The fourth-order valence-electron chi connectivity index (χ4n) is 4.28. The Morgan fingerprint density at radius 1 is 0.720 bits per heavy atom. The summed E-state index contributed by atoms with van der Waals surface area (Å²) in [4.78, 5) is 0. The van der Waals surface area contributed by atoms with Crippen LogP contribution in [0.25, 0.3) is 34.7 Å². The molecule has 0 saturated heterocycles. The Balaban J connectivity index is 2.55. The molecule has 0 aliphatic carbocycles. The maximum Gasteiger partial charge on any atom is -0.00205 e. The molecular weight excluding hydrogens is 300 g/mol. The third-order valence-corrected chi connectivity index (χ3v) is 6.95. The molecule has 0 heteroatoms. The smallest absolute Gasteiger partial charge is 0.00205 e. The Morgan fingerprint density at radius 3 is 1.92 bits per heavy atom. The first kappa shape index (κ1) is 17.7. The summed E-state index contributed by atoms with van der Waals surface area (Å²) >= 11 is 0. The van der Waals surface area contributed by atoms with Crippen molar-refractivity contribution in [2.75, 3.05) is 0 Å². The summed E-state index contributed by atoms with van der Waals surface area (Å²) in [5.41, 5.74) is 1.71. The molecule has 0 N–H and O–H groups in total. The minimum absolute atomic E-state index is 0.0859. The SMILES string of the molecule is C=c1c(=C)c2c(C(C)(CC)C(C)(C)CC)cccc2c2ccccc12. The van der Waals surface area contributed by atoms with Gasteiger partial charge in [-0.1, -0.05) is 96.7 Å². The average molecular weight is 331 g/mol. The van der Waals surface area contributed by atoms with E-state index in [-0.39, 0.29) is 10.8 Å². The predicted octanol–water partition coefficient (Wildman–Crippen LogP) is 5.92. The van der Waals surface area contributed by atoms with Gasteiger partial charge in [-0.3, -0.25) is 0 Å². The summed E-state index contributed by atoms with van der Waals surface area (Å²) in [6, 6.07) is 15.3. The van der Waals surface area contributed by atoms with E-state index in [0.717, 1.165) is 23.3 Å². The predicted molar refractivity (Wildman–Crippen MR) is 113 cm³/mol. The lowest BCUT2D eigenvalue weighted by Crippen LogP contribution is -2.40. The first-order valence-electron chi connectivity index (χ1n) is 9.40. The Bertz CT molecular complexity index is 1040. The topological polar surface area (TPSA) is 0 Å². The van der Waals surface area contributed by atoms with E-state index < -0.39 is 0 Å². The Labute approximate surface area is 151 Å². The van der Waals surface area contributed by atoms with Gasteiger partial charge < -0.3 is 0 Å². The van der Waals surface area contributed by atoms with Crippen molar-refractivity contribution in [3.8, 4) is 0 Å². The largest absolute Gasteiger partial charge is 0.0905 e. The van der Waals surface area contributed by atoms with Crippen LogP contribution in [0.3, 0.4) is 0 Å². The van der Waals surface area contributed by atoms with E-state index in [9.17, 15) is 0 Å². The highest BCUT2D eigenvalue weighted by atomic mass is 14.4. The summed E-state index contributed by atoms with van der Waals surface area (Å²) in [7, 11) is 0. The lowest BCUT2D eigenvalue weighted by atomic mass is 9.59. The molecule has 0 amide bonds. The zero-order valence-electron chi connectivity index (χ0n) is 16.4. The molecular formula is C25H30. The van der Waals surface area contributed by atoms with Gasteiger partial charge in [0.1, 0.15) is 0 Å². The summed E-state index contributed by atoms with van der Waals surface area (Å²) < 4.78 is 0. The molecule has 0 aliphatic heterocycles. The van der Waals surface area contributed by atoms with Crippen LogP contribution in [0, 0.1) is 5.41 Å². The molecule has 0 bridgehead atoms. The van der Waals surface area contributed by atoms with Crippen LogP contribution in [0.4, 0.5) is 0 Å². The van der Waals surface area contributed by atoms with Gasteiger partial charge in [0, 0.05) is 0 Å². The van der Waals surface area contributed by atoms with Gasteiger partial charge in [0.2, 0.25) is 0 Å². The molecule has 1 unspecified atom stereocenters. The van der Waals surface area contributed by atoms with Crippen LogP contribution < -0.4 is 10.4 Å². The molecule has 3 aromatic carbocycles. The van der Waals surface area contributed by atoms with E-state index in [1.54, 1.807) is 0 Å². The van der Waals surface area contributed by atoms with E-state index in [0.29, 0.717) is 0 Å². The molecule has 25 heavy (non-hydrogen) atoms. The van der Waals surface area contributed by atoms with Crippen LogP contribution in [0.2, 0.25) is 0 Å². The first-order chi connectivity index (χ1) is 11.8. The molecule has 130 valence electrons. The summed E-state index contributed by atoms with van der Waals surface area (Å²) in [6.07, 6.45) is 2.25. The van der Waals surface area contributed by atoms with Crippen LogP contribution in [0.15, 0.2) is 42.5 Å². The maximum absolute atomic E-state index is 4.45. The van der Waals surface area contributed by atoms with Crippen LogP contribution in [0.5, 0.6) is 0 Å². The van der Waals surface area contributed by atoms with E-state index >= 15 is 0 Å². The standard InChI is InChI=1S/C25H30/c1-8-24(5,6)25(7,9-2)22-16-12-15-21-20-14-11-10-13-19(20)17(3)18(4)23(21)22/h10-16H,3-4,8-9H2,1-2,5-7H3. The van der Waals surface area contributed by atoms with Crippen LogP contribution >= 0.6 is 0 Å². The van der Waals surface area contributed by atoms with Crippen molar-refractivity contribution in [1.82, 2.24) is 0 Å². The molecule has 0 aromatic heterocycles. The van der Waals surface area contributed by atoms with E-state index in [1.165, 1.54) is 27.1 Å². The lowest BCUT2D eigenvalue weighted by molar-refractivity contribution is 0.165. The highest BCUT2D eigenvalue weighted by molar-refractivity contribution is 6.09. The normalized spacial score (nSPS) is 14.8. The van der Waals surface area contributed by atoms with Crippen molar-refractivity contribution in [2.24, 2.45) is 5.41 Å². The molecule has 0 saturated carbocycles. The van der Waals surface area contributed by atoms with Gasteiger partial charge in [-0.2, -0.15) is 0 Å². The maximum atomic E-state index is 4.45. The molecule has 0 heterocycles. The second-order valence-corrected chi connectivity index (χ2v) is 8.15. The van der Waals surface area contributed by atoms with Crippen molar-refractivity contribution < 1.29 is 0 Å². The number of rotatable bonds is 4. The van der Waals surface area contributed by atoms with E-state index in [4.69, 9.17) is 0 Å². The second-order valence-electron chi connectivity index (χ2n) is 8.15. The highest BCUT2D eigenvalue weighted by Crippen LogP contribution is 2.48. The van der Waals surface area contributed by atoms with Gasteiger partial charge in [0.25, 0.3) is 0 Å². The van der Waals surface area contributed by atoms with Gasteiger partial charge in [-0.05, 0) is 54.8 Å². The quantitative estimate of drug-likeness (QED) is 0.521. The molecule has 1 atom stereocenters. The van der Waals surface area contributed by atoms with Gasteiger partial charge in [0.05, 0.1) is 0 Å². The van der Waals surface area contributed by atoms with E-state index in [1.807, 2.05) is 0 Å². The van der Waals surface area contributed by atoms with Crippen molar-refractivity contribution in [3.05, 3.63) is 58.5 Å². The fraction of sp³-hybridized carbons (Fsp3) is 0.360. The third kappa shape index (κ3) is 2.42. The Hall–Kier alpha value is -2.08. The van der Waals surface area contributed by atoms with Crippen LogP contribution in [0.1, 0.15) is 53.0 Å². The minimum atomic E-state index is 0.0859. The molecule has 0 spiro atoms. The van der Waals surface area contributed by atoms with Gasteiger partial charge in [-0.15, -0.1) is 0 Å². The molecule has 3 aromatic rings. The number of hydrogen-bond donors (Lipinski definition) is 0. The summed E-state index contributed by atoms with van der Waals surface area (Å²) in [5, 5.41) is 7.24. The van der Waals surface area contributed by atoms with Crippen molar-refractivity contribution in [2.45, 2.75) is 52.9 Å². The Kier molecular flexibility index (Phi) is 4.27. The Morgan fingerprint density at radius 2 is 1.32 bits per heavy atom. The molecule has 0 nitrogen and oxygen atoms in total. The molecule has 0 fully saturated rings. The first-order valence-corrected chi connectivity index (χ1v) is 9.40. The average Bonchev–Trinajstić information content (AvgIpc) is 2.64. The monoisotopic (exact) mass is 330 g/mol. The van der Waals surface area contributed by atoms with Crippen molar-refractivity contribution in [1.29, 1.82) is 0 Å². The summed E-state index contributed by atoms with van der Waals surface area (Å²) in [5.74, 6) is 0. The second kappa shape index (κ2) is 6.02. The molecule has 0 aliphatic rings. The zero-order valence-corrected chi connectivity index (χ0v) is 16.4. The van der Waals surface area contributed by atoms with Crippen molar-refractivity contribution >= 4 is 34.7 Å². The van der Waals surface area contributed by atoms with Crippen LogP contribution in [-0.4, -0.2) is 0 Å². The van der Waals surface area contributed by atoms with Crippen LogP contribution in [-0.2, 0) is 5.41 Å². The zero-order chi connectivity index (χ0) is 18.4. The molecule has 0 radical (unpaired) electrons. The third-order valence-electron chi connectivity index (χ3n) is 6.95. The highest BCUT2D eigenvalue weighted by Gasteiger charge is 2.40. The molecule has 3 rings (SSSR count). The van der Waals surface area contributed by atoms with Gasteiger partial charge in [-0.25, -0.2) is 0 Å². The van der Waals surface area contributed by atoms with E-state index in [2.05, 4.69) is 90.2 Å². The van der Waals surface area contributed by atoms with Gasteiger partial charge >= 0.3 is 0 Å². The number of fused-ring (bicyclic) bond motifs is 3.